The quantitative estimate of drug-likeness (QED) is 0.571. The van der Waals surface area contributed by atoms with E-state index in [9.17, 15) is 0 Å². The number of aryl methyl sites for hydroxylation is 1. The van der Waals surface area contributed by atoms with Crippen molar-refractivity contribution in [2.75, 3.05) is 0 Å². The van der Waals surface area contributed by atoms with E-state index >= 15 is 0 Å². The summed E-state index contributed by atoms with van der Waals surface area (Å²) in [7, 11) is 0. The topological polar surface area (TPSA) is 17.8 Å². The van der Waals surface area contributed by atoms with Crippen LogP contribution in [-0.2, 0) is 12.3 Å². The van der Waals surface area contributed by atoms with Crippen LogP contribution in [-0.4, -0.2) is 9.55 Å². The molecule has 1 atom stereocenters. The van der Waals surface area contributed by atoms with Crippen molar-refractivity contribution in [1.29, 1.82) is 0 Å². The number of aromatic nitrogens is 2. The fraction of sp³-hybridized carbons (Fsp3) is 0.312. The number of alkyl halides is 1. The second-order valence-corrected chi connectivity index (χ2v) is 7.02. The average Bonchev–Trinajstić information content (AvgIpc) is 3.11. The summed E-state index contributed by atoms with van der Waals surface area (Å²) in [5.41, 5.74) is 3.36. The molecule has 1 aliphatic rings. The normalized spacial score (nSPS) is 18.1. The van der Waals surface area contributed by atoms with Gasteiger partial charge < -0.3 is 4.57 Å². The molecular weight excluding hydrogens is 323 g/mol. The Hall–Kier alpha value is -1.03. The molecule has 108 valence electrons. The number of imidazole rings is 1. The maximum absolute atomic E-state index is 6.45. The molecule has 0 N–H and O–H groups in total. The van der Waals surface area contributed by atoms with Crippen molar-refractivity contribution < 1.29 is 0 Å². The third-order valence-electron chi connectivity index (χ3n) is 4.19. The second-order valence-electron chi connectivity index (χ2n) is 5.35. The van der Waals surface area contributed by atoms with Crippen LogP contribution in [0.15, 0.2) is 29.6 Å². The lowest BCUT2D eigenvalue weighted by Gasteiger charge is -2.26. The van der Waals surface area contributed by atoms with Crippen LogP contribution in [0.4, 0.5) is 0 Å². The van der Waals surface area contributed by atoms with E-state index in [0.29, 0.717) is 11.9 Å². The number of hydrogen-bond donors (Lipinski definition) is 0. The van der Waals surface area contributed by atoms with E-state index in [1.165, 1.54) is 23.3 Å². The van der Waals surface area contributed by atoms with Crippen molar-refractivity contribution in [2.24, 2.45) is 0 Å². The van der Waals surface area contributed by atoms with Gasteiger partial charge >= 0.3 is 0 Å². The molecule has 0 amide bonds. The number of hydrogen-bond acceptors (Lipinski definition) is 2. The maximum atomic E-state index is 6.45. The molecule has 0 fully saturated rings. The van der Waals surface area contributed by atoms with E-state index in [0.717, 1.165) is 28.3 Å². The van der Waals surface area contributed by atoms with Gasteiger partial charge in [0.25, 0.3) is 0 Å². The summed E-state index contributed by atoms with van der Waals surface area (Å²) in [6.07, 6.45) is 3.49. The fourth-order valence-electron chi connectivity index (χ4n) is 3.31. The minimum Gasteiger partial charge on any atom is -0.318 e. The summed E-state index contributed by atoms with van der Waals surface area (Å²) < 4.78 is 2.26. The van der Waals surface area contributed by atoms with Crippen LogP contribution in [0.25, 0.3) is 11.0 Å². The van der Waals surface area contributed by atoms with E-state index in [1.54, 1.807) is 0 Å². The highest BCUT2D eigenvalue weighted by molar-refractivity contribution is 7.10. The Balaban J connectivity index is 1.99. The summed E-state index contributed by atoms with van der Waals surface area (Å²) in [5, 5.41) is 2.93. The maximum Gasteiger partial charge on any atom is 0.125 e. The van der Waals surface area contributed by atoms with Crippen molar-refractivity contribution in [1.82, 2.24) is 9.55 Å². The van der Waals surface area contributed by atoms with Gasteiger partial charge in [-0.3, -0.25) is 0 Å². The van der Waals surface area contributed by atoms with Gasteiger partial charge in [0.2, 0.25) is 0 Å². The van der Waals surface area contributed by atoms with Crippen molar-refractivity contribution in [3.63, 3.8) is 0 Å². The molecule has 0 saturated heterocycles. The Morgan fingerprint density at radius 1 is 1.33 bits per heavy atom. The highest BCUT2D eigenvalue weighted by Crippen LogP contribution is 2.39. The molecule has 0 saturated carbocycles. The van der Waals surface area contributed by atoms with E-state index in [4.69, 9.17) is 23.2 Å². The SMILES string of the molecule is ClCc1nc2cccc(Cl)c2n1C1CCCc2sccc21. The first-order chi connectivity index (χ1) is 10.3. The molecular formula is C16H14Cl2N2S. The zero-order valence-corrected chi connectivity index (χ0v) is 13.7. The number of para-hydroxylation sites is 1. The minimum atomic E-state index is 0.304. The Morgan fingerprint density at radius 2 is 2.24 bits per heavy atom. The average molecular weight is 337 g/mol. The zero-order valence-electron chi connectivity index (χ0n) is 11.4. The zero-order chi connectivity index (χ0) is 14.4. The van der Waals surface area contributed by atoms with Crippen LogP contribution < -0.4 is 0 Å². The van der Waals surface area contributed by atoms with E-state index in [-0.39, 0.29) is 0 Å². The first kappa shape index (κ1) is 13.6. The third kappa shape index (κ3) is 2.10. The van der Waals surface area contributed by atoms with E-state index in [1.807, 2.05) is 29.5 Å². The number of fused-ring (bicyclic) bond motifs is 2. The summed E-state index contributed by atoms with van der Waals surface area (Å²) in [5.74, 6) is 1.31. The molecule has 1 aromatic carbocycles. The van der Waals surface area contributed by atoms with Crippen molar-refractivity contribution >= 4 is 45.6 Å². The largest absolute Gasteiger partial charge is 0.318 e. The first-order valence-electron chi connectivity index (χ1n) is 7.07. The molecule has 21 heavy (non-hydrogen) atoms. The predicted octanol–water partition coefficient (Wildman–Crippen LogP) is 5.42. The molecule has 1 unspecified atom stereocenters. The molecule has 0 spiro atoms. The summed E-state index contributed by atoms with van der Waals surface area (Å²) >= 11 is 14.5. The Bertz CT molecular complexity index is 806. The van der Waals surface area contributed by atoms with E-state index < -0.39 is 0 Å². The van der Waals surface area contributed by atoms with Gasteiger partial charge in [0.1, 0.15) is 5.82 Å². The van der Waals surface area contributed by atoms with Crippen molar-refractivity contribution in [2.45, 2.75) is 31.2 Å². The lowest BCUT2D eigenvalue weighted by molar-refractivity contribution is 0.495. The first-order valence-corrected chi connectivity index (χ1v) is 8.86. The van der Waals surface area contributed by atoms with Gasteiger partial charge in [-0.05, 0) is 48.4 Å². The van der Waals surface area contributed by atoms with Crippen LogP contribution in [0.3, 0.4) is 0 Å². The standard InChI is InChI=1S/C16H14Cl2N2S/c17-9-15-19-12-4-1-3-11(18)16(12)20(15)13-5-2-6-14-10(13)7-8-21-14/h1,3-4,7-8,13H,2,5-6,9H2. The van der Waals surface area contributed by atoms with Crippen LogP contribution in [0.5, 0.6) is 0 Å². The molecule has 0 aliphatic heterocycles. The summed E-state index contributed by atoms with van der Waals surface area (Å²) in [6.45, 7) is 0. The molecule has 2 aromatic heterocycles. The number of halogens is 2. The van der Waals surface area contributed by atoms with Gasteiger partial charge in [-0.15, -0.1) is 22.9 Å². The monoisotopic (exact) mass is 336 g/mol. The number of nitrogens with zero attached hydrogens (tertiary/aromatic N) is 2. The van der Waals surface area contributed by atoms with Gasteiger partial charge in [-0.1, -0.05) is 17.7 Å². The van der Waals surface area contributed by atoms with Gasteiger partial charge in [-0.25, -0.2) is 4.98 Å². The second kappa shape index (κ2) is 5.31. The van der Waals surface area contributed by atoms with Crippen molar-refractivity contribution in [3.05, 3.63) is 50.9 Å². The van der Waals surface area contributed by atoms with Crippen molar-refractivity contribution in [3.8, 4) is 0 Å². The van der Waals surface area contributed by atoms with Crippen LogP contribution in [0, 0.1) is 0 Å². The number of thiophene rings is 1. The highest BCUT2D eigenvalue weighted by Gasteiger charge is 2.27. The van der Waals surface area contributed by atoms with Crippen LogP contribution >= 0.6 is 34.5 Å². The van der Waals surface area contributed by atoms with Crippen LogP contribution in [0.2, 0.25) is 5.02 Å². The lowest BCUT2D eigenvalue weighted by Crippen LogP contribution is -2.17. The molecule has 0 radical (unpaired) electrons. The fourth-order valence-corrected chi connectivity index (χ4v) is 4.75. The molecule has 5 heteroatoms. The van der Waals surface area contributed by atoms with Crippen LogP contribution in [0.1, 0.15) is 35.1 Å². The Kier molecular flexibility index (Phi) is 3.44. The minimum absolute atomic E-state index is 0.304. The molecule has 3 aromatic rings. The van der Waals surface area contributed by atoms with E-state index in [2.05, 4.69) is 21.0 Å². The molecule has 2 heterocycles. The highest BCUT2D eigenvalue weighted by atomic mass is 35.5. The Labute approximate surface area is 137 Å². The lowest BCUT2D eigenvalue weighted by atomic mass is 9.93. The van der Waals surface area contributed by atoms with Gasteiger partial charge in [0.15, 0.2) is 0 Å². The van der Waals surface area contributed by atoms with Gasteiger partial charge in [0.05, 0.1) is 28.0 Å². The smallest absolute Gasteiger partial charge is 0.125 e. The third-order valence-corrected chi connectivity index (χ3v) is 5.73. The molecule has 4 rings (SSSR count). The predicted molar refractivity (Wildman–Crippen MR) is 89.7 cm³/mol. The summed E-state index contributed by atoms with van der Waals surface area (Å²) in [6, 6.07) is 8.42. The molecule has 0 bridgehead atoms. The molecule has 2 nitrogen and oxygen atoms in total. The Morgan fingerprint density at radius 3 is 3.10 bits per heavy atom. The van der Waals surface area contributed by atoms with Gasteiger partial charge in [0, 0.05) is 4.88 Å². The number of benzene rings is 1. The molecule has 1 aliphatic carbocycles. The number of rotatable bonds is 2. The van der Waals surface area contributed by atoms with Gasteiger partial charge in [-0.2, -0.15) is 0 Å². The summed E-state index contributed by atoms with van der Waals surface area (Å²) in [4.78, 5) is 6.16.